The molecule has 2 N–H and O–H groups in total. The maximum atomic E-state index is 11.9. The molecule has 1 fully saturated rings. The van der Waals surface area contributed by atoms with Crippen molar-refractivity contribution in [1.82, 2.24) is 10.6 Å². The van der Waals surface area contributed by atoms with Gasteiger partial charge in [0.05, 0.1) is 6.42 Å². The Hall–Kier alpha value is -1.35. The lowest BCUT2D eigenvalue weighted by Gasteiger charge is -2.23. The van der Waals surface area contributed by atoms with Crippen LogP contribution in [0.1, 0.15) is 30.4 Å². The van der Waals surface area contributed by atoms with Crippen molar-refractivity contribution in [3.8, 4) is 0 Å². The van der Waals surface area contributed by atoms with E-state index in [2.05, 4.69) is 10.6 Å². The zero-order valence-electron chi connectivity index (χ0n) is 11.0. The van der Waals surface area contributed by atoms with Crippen molar-refractivity contribution < 1.29 is 4.79 Å². The van der Waals surface area contributed by atoms with Gasteiger partial charge >= 0.3 is 0 Å². The van der Waals surface area contributed by atoms with E-state index in [9.17, 15) is 4.79 Å². The zero-order valence-corrected chi connectivity index (χ0v) is 11.0. The summed E-state index contributed by atoms with van der Waals surface area (Å²) in [4.78, 5) is 11.9. The lowest BCUT2D eigenvalue weighted by molar-refractivity contribution is -0.120. The van der Waals surface area contributed by atoms with Gasteiger partial charge in [0.1, 0.15) is 0 Å². The third-order valence-corrected chi connectivity index (χ3v) is 3.57. The van der Waals surface area contributed by atoms with E-state index in [0.29, 0.717) is 12.5 Å². The van der Waals surface area contributed by atoms with E-state index in [-0.39, 0.29) is 5.91 Å². The third-order valence-electron chi connectivity index (χ3n) is 3.57. The Kier molecular flexibility index (Phi) is 4.76. The first kappa shape index (κ1) is 13.1. The minimum atomic E-state index is 0.122. The number of hydrogen-bond donors (Lipinski definition) is 2. The monoisotopic (exact) mass is 246 g/mol. The van der Waals surface area contributed by atoms with Gasteiger partial charge in [0, 0.05) is 12.6 Å². The summed E-state index contributed by atoms with van der Waals surface area (Å²) in [6.07, 6.45) is 4.18. The van der Waals surface area contributed by atoms with Crippen LogP contribution in [0.25, 0.3) is 0 Å². The number of nitrogens with one attached hydrogen (secondary N) is 2. The van der Waals surface area contributed by atoms with E-state index in [4.69, 9.17) is 0 Å². The van der Waals surface area contributed by atoms with Crippen molar-refractivity contribution in [3.05, 3.63) is 35.4 Å². The Balaban J connectivity index is 1.76. The average molecular weight is 246 g/mol. The summed E-state index contributed by atoms with van der Waals surface area (Å²) in [7, 11) is 0. The van der Waals surface area contributed by atoms with Crippen LogP contribution in [-0.2, 0) is 11.2 Å². The van der Waals surface area contributed by atoms with Crippen LogP contribution in [0.15, 0.2) is 24.3 Å². The Morgan fingerprint density at radius 3 is 2.94 bits per heavy atom. The molecule has 1 atom stereocenters. The molecule has 3 heteroatoms. The minimum Gasteiger partial charge on any atom is -0.354 e. The Morgan fingerprint density at radius 2 is 2.22 bits per heavy atom. The molecular weight excluding hydrogens is 224 g/mol. The van der Waals surface area contributed by atoms with Crippen LogP contribution in [0.3, 0.4) is 0 Å². The van der Waals surface area contributed by atoms with Crippen LogP contribution in [0, 0.1) is 6.92 Å². The number of amides is 1. The van der Waals surface area contributed by atoms with Gasteiger partial charge in [-0.2, -0.15) is 0 Å². The fourth-order valence-corrected chi connectivity index (χ4v) is 2.38. The summed E-state index contributed by atoms with van der Waals surface area (Å²) in [6, 6.07) is 8.51. The number of benzene rings is 1. The van der Waals surface area contributed by atoms with Crippen molar-refractivity contribution in [2.45, 2.75) is 38.6 Å². The van der Waals surface area contributed by atoms with Crippen LogP contribution in [0.4, 0.5) is 0 Å². The number of piperidine rings is 1. The molecule has 0 spiro atoms. The SMILES string of the molecule is Cc1ccccc1CC(=O)NCC1CCCCN1. The van der Waals surface area contributed by atoms with Gasteiger partial charge < -0.3 is 10.6 Å². The fraction of sp³-hybridized carbons (Fsp3) is 0.533. The summed E-state index contributed by atoms with van der Waals surface area (Å²) in [5.74, 6) is 0.122. The van der Waals surface area contributed by atoms with Crippen molar-refractivity contribution in [2.24, 2.45) is 0 Å². The van der Waals surface area contributed by atoms with Crippen LogP contribution < -0.4 is 10.6 Å². The van der Waals surface area contributed by atoms with E-state index in [0.717, 1.165) is 18.7 Å². The van der Waals surface area contributed by atoms with E-state index in [1.165, 1.54) is 24.8 Å². The summed E-state index contributed by atoms with van der Waals surface area (Å²) >= 11 is 0. The quantitative estimate of drug-likeness (QED) is 0.850. The number of carbonyl (C=O) groups excluding carboxylic acids is 1. The Bertz CT molecular complexity index is 397. The molecule has 1 aliphatic heterocycles. The smallest absolute Gasteiger partial charge is 0.224 e. The highest BCUT2D eigenvalue weighted by Gasteiger charge is 2.13. The summed E-state index contributed by atoms with van der Waals surface area (Å²) in [5, 5.41) is 6.46. The van der Waals surface area contributed by atoms with E-state index >= 15 is 0 Å². The lowest BCUT2D eigenvalue weighted by Crippen LogP contribution is -2.43. The predicted octanol–water partition coefficient (Wildman–Crippen LogP) is 1.80. The van der Waals surface area contributed by atoms with E-state index < -0.39 is 0 Å². The van der Waals surface area contributed by atoms with Gasteiger partial charge in [-0.25, -0.2) is 0 Å². The molecule has 1 amide bonds. The second-order valence-corrected chi connectivity index (χ2v) is 5.05. The zero-order chi connectivity index (χ0) is 12.8. The summed E-state index contributed by atoms with van der Waals surface area (Å²) < 4.78 is 0. The van der Waals surface area contributed by atoms with Crippen molar-refractivity contribution >= 4 is 5.91 Å². The maximum Gasteiger partial charge on any atom is 0.224 e. The highest BCUT2D eigenvalue weighted by atomic mass is 16.1. The number of carbonyl (C=O) groups is 1. The third kappa shape index (κ3) is 3.84. The van der Waals surface area contributed by atoms with Crippen LogP contribution in [0.2, 0.25) is 0 Å². The van der Waals surface area contributed by atoms with Gasteiger partial charge in [0.2, 0.25) is 5.91 Å². The molecule has 1 heterocycles. The molecule has 1 aromatic rings. The Labute approximate surface area is 109 Å². The lowest BCUT2D eigenvalue weighted by atomic mass is 10.0. The molecule has 1 aliphatic rings. The molecule has 3 nitrogen and oxygen atoms in total. The highest BCUT2D eigenvalue weighted by molar-refractivity contribution is 5.78. The molecule has 98 valence electrons. The number of hydrogen-bond acceptors (Lipinski definition) is 2. The van der Waals surface area contributed by atoms with Crippen LogP contribution >= 0.6 is 0 Å². The molecule has 0 bridgehead atoms. The van der Waals surface area contributed by atoms with Gasteiger partial charge in [-0.15, -0.1) is 0 Å². The first-order valence-corrected chi connectivity index (χ1v) is 6.80. The van der Waals surface area contributed by atoms with Crippen LogP contribution in [-0.4, -0.2) is 25.0 Å². The molecular formula is C15H22N2O. The molecule has 2 rings (SSSR count). The van der Waals surface area contributed by atoms with E-state index in [1.54, 1.807) is 0 Å². The van der Waals surface area contributed by atoms with Gasteiger partial charge in [-0.1, -0.05) is 30.7 Å². The molecule has 0 radical (unpaired) electrons. The molecule has 0 aromatic heterocycles. The molecule has 0 aliphatic carbocycles. The van der Waals surface area contributed by atoms with Gasteiger partial charge in [-0.05, 0) is 37.4 Å². The Morgan fingerprint density at radius 1 is 1.39 bits per heavy atom. The standard InChI is InChI=1S/C15H22N2O/c1-12-6-2-3-7-13(12)10-15(18)17-11-14-8-4-5-9-16-14/h2-3,6-7,14,16H,4-5,8-11H2,1H3,(H,17,18). The number of aryl methyl sites for hydroxylation is 1. The second-order valence-electron chi connectivity index (χ2n) is 5.05. The largest absolute Gasteiger partial charge is 0.354 e. The number of rotatable bonds is 4. The van der Waals surface area contributed by atoms with Gasteiger partial charge in [-0.3, -0.25) is 4.79 Å². The van der Waals surface area contributed by atoms with Gasteiger partial charge in [0.25, 0.3) is 0 Å². The summed E-state index contributed by atoms with van der Waals surface area (Å²) in [6.45, 7) is 3.88. The molecule has 1 unspecified atom stereocenters. The molecule has 0 saturated carbocycles. The maximum absolute atomic E-state index is 11.9. The first-order chi connectivity index (χ1) is 8.75. The van der Waals surface area contributed by atoms with Crippen molar-refractivity contribution in [2.75, 3.05) is 13.1 Å². The second kappa shape index (κ2) is 6.55. The molecule has 18 heavy (non-hydrogen) atoms. The minimum absolute atomic E-state index is 0.122. The normalized spacial score (nSPS) is 19.5. The average Bonchev–Trinajstić information content (AvgIpc) is 2.40. The highest BCUT2D eigenvalue weighted by Crippen LogP contribution is 2.08. The molecule has 1 aromatic carbocycles. The molecule has 1 saturated heterocycles. The van der Waals surface area contributed by atoms with Crippen molar-refractivity contribution in [1.29, 1.82) is 0 Å². The predicted molar refractivity (Wildman–Crippen MR) is 73.5 cm³/mol. The van der Waals surface area contributed by atoms with Crippen LogP contribution in [0.5, 0.6) is 0 Å². The fourth-order valence-electron chi connectivity index (χ4n) is 2.38. The topological polar surface area (TPSA) is 41.1 Å². The van der Waals surface area contributed by atoms with Gasteiger partial charge in [0.15, 0.2) is 0 Å². The van der Waals surface area contributed by atoms with E-state index in [1.807, 2.05) is 31.2 Å². The first-order valence-electron chi connectivity index (χ1n) is 6.80. The van der Waals surface area contributed by atoms with Crippen molar-refractivity contribution in [3.63, 3.8) is 0 Å². The summed E-state index contributed by atoms with van der Waals surface area (Å²) in [5.41, 5.74) is 2.30.